The van der Waals surface area contributed by atoms with Gasteiger partial charge in [-0.05, 0) is 42.8 Å². The Labute approximate surface area is 198 Å². The van der Waals surface area contributed by atoms with Crippen LogP contribution >= 0.6 is 11.6 Å². The Bertz CT molecular complexity index is 1340. The Kier molecular flexibility index (Phi) is 5.59. The highest BCUT2D eigenvalue weighted by Crippen LogP contribution is 2.39. The number of alkyl halides is 3. The van der Waals surface area contributed by atoms with Crippen molar-refractivity contribution in [2.45, 2.75) is 13.1 Å². The van der Waals surface area contributed by atoms with Gasteiger partial charge in [0.05, 0.1) is 5.56 Å². The number of fused-ring (bicyclic) bond motifs is 1. The second-order valence-electron chi connectivity index (χ2n) is 8.17. The summed E-state index contributed by atoms with van der Waals surface area (Å²) < 4.78 is 56.7. The lowest BCUT2D eigenvalue weighted by molar-refractivity contribution is -0.140. The molecule has 2 aromatic heterocycles. The molecule has 0 unspecified atom stereocenters. The number of aryl methyl sites for hydroxylation is 1. The number of hydrogen-bond acceptors (Lipinski definition) is 4. The van der Waals surface area contributed by atoms with E-state index >= 15 is 0 Å². The van der Waals surface area contributed by atoms with Gasteiger partial charge in [0.2, 0.25) is 0 Å². The average molecular weight is 490 g/mol. The Morgan fingerprint density at radius 1 is 0.912 bits per heavy atom. The van der Waals surface area contributed by atoms with Gasteiger partial charge in [-0.2, -0.15) is 22.8 Å². The molecule has 0 atom stereocenters. The van der Waals surface area contributed by atoms with E-state index in [0.717, 1.165) is 17.8 Å². The van der Waals surface area contributed by atoms with E-state index in [1.807, 2.05) is 29.2 Å². The molecule has 0 aliphatic carbocycles. The third-order valence-corrected chi connectivity index (χ3v) is 6.11. The highest BCUT2D eigenvalue weighted by Gasteiger charge is 2.39. The number of nitrogens with zero attached hydrogens (tertiary/aromatic N) is 5. The summed E-state index contributed by atoms with van der Waals surface area (Å²) in [5.74, 6) is 0.00305. The average Bonchev–Trinajstić information content (AvgIpc) is 3.19. The molecule has 0 N–H and O–H groups in total. The van der Waals surface area contributed by atoms with Crippen molar-refractivity contribution in [3.05, 3.63) is 76.8 Å². The minimum atomic E-state index is -4.70. The molecular formula is C24H20ClF4N5. The number of aromatic nitrogens is 3. The van der Waals surface area contributed by atoms with Crippen molar-refractivity contribution in [1.29, 1.82) is 0 Å². The van der Waals surface area contributed by atoms with E-state index in [1.54, 1.807) is 13.0 Å². The third-order valence-electron chi connectivity index (χ3n) is 5.88. The molecule has 176 valence electrons. The molecule has 10 heteroatoms. The van der Waals surface area contributed by atoms with Crippen LogP contribution in [0.15, 0.2) is 54.6 Å². The summed E-state index contributed by atoms with van der Waals surface area (Å²) in [5.41, 5.74) is 0.660. The van der Waals surface area contributed by atoms with Crippen molar-refractivity contribution in [2.24, 2.45) is 0 Å². The van der Waals surface area contributed by atoms with E-state index in [-0.39, 0.29) is 16.8 Å². The molecule has 1 fully saturated rings. The number of halogens is 5. The topological polar surface area (TPSA) is 36.7 Å². The smallest absolute Gasteiger partial charge is 0.368 e. The maximum Gasteiger partial charge on any atom is 0.435 e. The van der Waals surface area contributed by atoms with Crippen molar-refractivity contribution in [3.8, 4) is 11.1 Å². The Morgan fingerprint density at radius 2 is 1.59 bits per heavy atom. The molecular weight excluding hydrogens is 470 g/mol. The van der Waals surface area contributed by atoms with Gasteiger partial charge in [-0.3, -0.25) is 0 Å². The van der Waals surface area contributed by atoms with Crippen molar-refractivity contribution in [1.82, 2.24) is 14.6 Å². The van der Waals surface area contributed by atoms with Crippen molar-refractivity contribution in [3.63, 3.8) is 0 Å². The van der Waals surface area contributed by atoms with Gasteiger partial charge < -0.3 is 9.80 Å². The molecule has 1 saturated heterocycles. The minimum absolute atomic E-state index is 0.0891. The van der Waals surface area contributed by atoms with E-state index in [2.05, 4.69) is 15.0 Å². The summed E-state index contributed by atoms with van der Waals surface area (Å²) in [5, 5.41) is 4.60. The van der Waals surface area contributed by atoms with Gasteiger partial charge in [-0.1, -0.05) is 29.8 Å². The molecule has 0 bridgehead atoms. The van der Waals surface area contributed by atoms with E-state index in [0.29, 0.717) is 42.7 Å². The van der Waals surface area contributed by atoms with E-state index in [9.17, 15) is 17.6 Å². The van der Waals surface area contributed by atoms with Crippen molar-refractivity contribution < 1.29 is 17.6 Å². The molecule has 0 amide bonds. The normalized spacial score (nSPS) is 14.8. The molecule has 4 aromatic rings. The molecule has 34 heavy (non-hydrogen) atoms. The maximum atomic E-state index is 14.0. The number of hydrogen-bond donors (Lipinski definition) is 0. The molecule has 0 spiro atoms. The molecule has 5 rings (SSSR count). The second-order valence-corrected chi connectivity index (χ2v) is 8.61. The largest absolute Gasteiger partial charge is 0.435 e. The summed E-state index contributed by atoms with van der Waals surface area (Å²) >= 11 is 6.12. The van der Waals surface area contributed by atoms with Crippen LogP contribution in [-0.2, 0) is 6.18 Å². The van der Waals surface area contributed by atoms with Crippen LogP contribution in [0, 0.1) is 12.7 Å². The Hall–Kier alpha value is -3.33. The third kappa shape index (κ3) is 4.16. The lowest BCUT2D eigenvalue weighted by Crippen LogP contribution is -2.47. The van der Waals surface area contributed by atoms with Crippen LogP contribution in [0.3, 0.4) is 0 Å². The predicted molar refractivity (Wildman–Crippen MR) is 124 cm³/mol. The molecule has 1 aliphatic heterocycles. The van der Waals surface area contributed by atoms with Crippen LogP contribution in [0.25, 0.3) is 16.8 Å². The van der Waals surface area contributed by atoms with Crippen molar-refractivity contribution in [2.75, 3.05) is 36.0 Å². The molecule has 5 nitrogen and oxygen atoms in total. The van der Waals surface area contributed by atoms with Crippen LogP contribution < -0.4 is 9.80 Å². The van der Waals surface area contributed by atoms with Gasteiger partial charge >= 0.3 is 6.18 Å². The molecule has 0 saturated carbocycles. The van der Waals surface area contributed by atoms with Crippen LogP contribution in [0.5, 0.6) is 0 Å². The zero-order valence-corrected chi connectivity index (χ0v) is 18.9. The second kappa shape index (κ2) is 8.47. The monoisotopic (exact) mass is 489 g/mol. The lowest BCUT2D eigenvalue weighted by Gasteiger charge is -2.37. The van der Waals surface area contributed by atoms with Crippen LogP contribution in [0.1, 0.15) is 11.4 Å². The van der Waals surface area contributed by atoms with Gasteiger partial charge in [0.25, 0.3) is 0 Å². The lowest BCUT2D eigenvalue weighted by atomic mass is 10.1. The first kappa shape index (κ1) is 22.5. The minimum Gasteiger partial charge on any atom is -0.368 e. The Morgan fingerprint density at radius 3 is 2.24 bits per heavy atom. The zero-order chi connectivity index (χ0) is 24.0. The summed E-state index contributed by atoms with van der Waals surface area (Å²) in [4.78, 5) is 8.58. The Balaban J connectivity index is 1.56. The van der Waals surface area contributed by atoms with Gasteiger partial charge in [0.15, 0.2) is 11.3 Å². The fourth-order valence-corrected chi connectivity index (χ4v) is 4.48. The standard InChI is InChI=1S/C24H20ClF4N5/c1-15-13-20(33-11-9-32(10-12-33)19-4-2-3-17(25)14-19)34-23(30-15)21(22(31-34)24(27,28)29)16-5-7-18(26)8-6-16/h2-8,13-14H,9-12H2,1H3. The van der Waals surface area contributed by atoms with Crippen molar-refractivity contribution >= 4 is 28.8 Å². The predicted octanol–water partition coefficient (Wildman–Crippen LogP) is 5.84. The van der Waals surface area contributed by atoms with Crippen LogP contribution in [0.4, 0.5) is 29.1 Å². The zero-order valence-electron chi connectivity index (χ0n) is 18.2. The first-order valence-electron chi connectivity index (χ1n) is 10.7. The highest BCUT2D eigenvalue weighted by atomic mass is 35.5. The van der Waals surface area contributed by atoms with Gasteiger partial charge in [0.1, 0.15) is 11.6 Å². The molecule has 3 heterocycles. The van der Waals surface area contributed by atoms with Gasteiger partial charge in [-0.15, -0.1) is 0 Å². The van der Waals surface area contributed by atoms with E-state index < -0.39 is 17.7 Å². The van der Waals surface area contributed by atoms with E-state index in [1.165, 1.54) is 16.6 Å². The first-order chi connectivity index (χ1) is 16.2. The van der Waals surface area contributed by atoms with Gasteiger partial charge in [-0.25, -0.2) is 9.37 Å². The SMILES string of the molecule is Cc1cc(N2CCN(c3cccc(Cl)c3)CC2)n2nc(C(F)(F)F)c(-c3ccc(F)cc3)c2n1. The molecule has 0 radical (unpaired) electrons. The number of piperazine rings is 1. The van der Waals surface area contributed by atoms with E-state index in [4.69, 9.17) is 11.6 Å². The highest BCUT2D eigenvalue weighted by molar-refractivity contribution is 6.30. The summed E-state index contributed by atoms with van der Waals surface area (Å²) in [6, 6.07) is 14.2. The quantitative estimate of drug-likeness (QED) is 0.339. The fourth-order valence-electron chi connectivity index (χ4n) is 4.29. The number of rotatable bonds is 3. The summed E-state index contributed by atoms with van der Waals surface area (Å²) in [6.45, 7) is 4.24. The van der Waals surface area contributed by atoms with Gasteiger partial charge in [0, 0.05) is 48.6 Å². The molecule has 1 aliphatic rings. The summed E-state index contributed by atoms with van der Waals surface area (Å²) in [6.07, 6.45) is -4.70. The number of anilines is 2. The summed E-state index contributed by atoms with van der Waals surface area (Å²) in [7, 11) is 0. The van der Waals surface area contributed by atoms with Crippen LogP contribution in [0.2, 0.25) is 5.02 Å². The number of benzene rings is 2. The maximum absolute atomic E-state index is 14.0. The fraction of sp³-hybridized carbons (Fsp3) is 0.250. The molecule has 2 aromatic carbocycles. The first-order valence-corrected chi connectivity index (χ1v) is 11.1. The van der Waals surface area contributed by atoms with Crippen LogP contribution in [-0.4, -0.2) is 40.8 Å².